The van der Waals surface area contributed by atoms with Gasteiger partial charge in [0.25, 0.3) is 0 Å². The van der Waals surface area contributed by atoms with Gasteiger partial charge in [-0.2, -0.15) is 13.2 Å². The average Bonchev–Trinajstić information content (AvgIpc) is 3.07. The highest BCUT2D eigenvalue weighted by Gasteiger charge is 2.32. The highest BCUT2D eigenvalue weighted by Crippen LogP contribution is 2.38. The van der Waals surface area contributed by atoms with E-state index in [9.17, 15) is 13.2 Å². The quantitative estimate of drug-likeness (QED) is 0.165. The maximum Gasteiger partial charge on any atom is 0.430 e. The van der Waals surface area contributed by atoms with Crippen molar-refractivity contribution in [3.8, 4) is 22.6 Å². The van der Waals surface area contributed by atoms with Gasteiger partial charge in [0, 0.05) is 28.2 Å². The third-order valence-corrected chi connectivity index (χ3v) is 9.04. The van der Waals surface area contributed by atoms with Gasteiger partial charge in [0.1, 0.15) is 5.70 Å². The van der Waals surface area contributed by atoms with Crippen molar-refractivity contribution in [3.63, 3.8) is 0 Å². The lowest BCUT2D eigenvalue weighted by Gasteiger charge is -2.28. The number of hydrogen-bond donors (Lipinski definition) is 2. The summed E-state index contributed by atoms with van der Waals surface area (Å²) >= 11 is 0. The Labute approximate surface area is 306 Å². The summed E-state index contributed by atoms with van der Waals surface area (Å²) in [6.45, 7) is 19.5. The number of anilines is 3. The van der Waals surface area contributed by atoms with Crippen molar-refractivity contribution >= 4 is 22.8 Å². The monoisotopic (exact) mass is 703 g/mol. The van der Waals surface area contributed by atoms with Crippen molar-refractivity contribution in [2.75, 3.05) is 4.90 Å². The maximum absolute atomic E-state index is 13.3. The van der Waals surface area contributed by atoms with Crippen LogP contribution in [0.2, 0.25) is 0 Å². The number of nitrogens with two attached hydrogens (primary N) is 1. The number of benzene rings is 4. The van der Waals surface area contributed by atoms with E-state index in [1.807, 2.05) is 48.5 Å². The van der Waals surface area contributed by atoms with Gasteiger partial charge in [-0.05, 0) is 81.5 Å². The molecule has 1 aromatic heterocycles. The zero-order valence-corrected chi connectivity index (χ0v) is 31.4. The molecule has 0 bridgehead atoms. The Morgan fingerprint density at radius 1 is 0.577 bits per heavy atom. The highest BCUT2D eigenvalue weighted by molar-refractivity contribution is 6.06. The van der Waals surface area contributed by atoms with Crippen LogP contribution in [0.3, 0.4) is 0 Å². The number of nitrogens with zero attached hydrogens (tertiary/aromatic N) is 3. The summed E-state index contributed by atoms with van der Waals surface area (Å²) in [6.07, 6.45) is -4.18. The molecule has 270 valence electrons. The molecule has 0 saturated carbocycles. The molecule has 8 heteroatoms. The normalized spacial score (nSPS) is 12.9. The summed E-state index contributed by atoms with van der Waals surface area (Å²) in [5, 5.41) is 8.51. The molecule has 5 aromatic rings. The van der Waals surface area contributed by atoms with Crippen LogP contribution in [0.25, 0.3) is 22.6 Å². The fraction of sp³-hybridized carbons (Fsp3) is 0.295. The zero-order chi connectivity index (χ0) is 38.2. The SMILES string of the molecule is CC(C)(C)c1ccc(-c2nc(C(=N)C=C(N)C(F)(F)F)cc(-c3ccc(N(c4ccc(C(C)(C)C)cc4)c4ccc(C(C)(C)C)cc4)cc3)n2)cc1. The lowest BCUT2D eigenvalue weighted by Crippen LogP contribution is -2.21. The number of allylic oxidation sites excluding steroid dienone is 2. The number of rotatable bonds is 7. The number of hydrogen-bond acceptors (Lipinski definition) is 5. The van der Waals surface area contributed by atoms with Crippen molar-refractivity contribution in [1.29, 1.82) is 5.41 Å². The van der Waals surface area contributed by atoms with Crippen molar-refractivity contribution in [1.82, 2.24) is 9.97 Å². The Balaban J connectivity index is 1.60. The molecule has 0 radical (unpaired) electrons. The minimum atomic E-state index is -4.77. The molecule has 0 amide bonds. The van der Waals surface area contributed by atoms with Crippen LogP contribution in [0.15, 0.2) is 115 Å². The molecule has 0 saturated heterocycles. The molecular weight excluding hydrogens is 656 g/mol. The molecule has 0 aliphatic rings. The predicted molar refractivity (Wildman–Crippen MR) is 209 cm³/mol. The second-order valence-corrected chi connectivity index (χ2v) is 16.3. The first-order valence-corrected chi connectivity index (χ1v) is 17.4. The van der Waals surface area contributed by atoms with Gasteiger partial charge >= 0.3 is 6.18 Å². The molecule has 5 nitrogen and oxygen atoms in total. The Morgan fingerprint density at radius 3 is 1.33 bits per heavy atom. The van der Waals surface area contributed by atoms with E-state index in [1.54, 1.807) is 0 Å². The van der Waals surface area contributed by atoms with E-state index in [4.69, 9.17) is 16.1 Å². The third kappa shape index (κ3) is 8.79. The molecule has 4 aromatic carbocycles. The lowest BCUT2D eigenvalue weighted by atomic mass is 9.86. The standard InChI is InChI=1S/C44H48F3N5/c1-41(2,3)30-14-10-29(11-15-30)40-50-37(27-38(51-40)36(48)26-39(49)44(45,46)47)28-12-20-33(21-13-28)52(34-22-16-31(17-23-34)42(4,5)6)35-24-18-32(19-25-35)43(7,8)9/h10-27,48H,49H2,1-9H3. The van der Waals surface area contributed by atoms with E-state index in [2.05, 4.69) is 121 Å². The summed E-state index contributed by atoms with van der Waals surface area (Å²) in [6, 6.07) is 34.3. The Bertz CT molecular complexity index is 2000. The van der Waals surface area contributed by atoms with Crippen LogP contribution in [0, 0.1) is 5.41 Å². The van der Waals surface area contributed by atoms with E-state index in [0.717, 1.165) is 22.6 Å². The molecule has 0 fully saturated rings. The molecule has 0 aliphatic heterocycles. The van der Waals surface area contributed by atoms with Gasteiger partial charge in [-0.25, -0.2) is 9.97 Å². The van der Waals surface area contributed by atoms with Crippen LogP contribution in [0.5, 0.6) is 0 Å². The largest absolute Gasteiger partial charge is 0.430 e. The van der Waals surface area contributed by atoms with Crippen molar-refractivity contribution in [2.45, 2.75) is 84.7 Å². The molecule has 1 heterocycles. The average molecular weight is 704 g/mol. The zero-order valence-electron chi connectivity index (χ0n) is 31.4. The molecule has 0 spiro atoms. The third-order valence-electron chi connectivity index (χ3n) is 9.04. The van der Waals surface area contributed by atoms with E-state index < -0.39 is 17.6 Å². The van der Waals surface area contributed by atoms with Crippen LogP contribution in [-0.2, 0) is 16.2 Å². The lowest BCUT2D eigenvalue weighted by molar-refractivity contribution is -0.0925. The van der Waals surface area contributed by atoms with Gasteiger partial charge in [-0.1, -0.05) is 123 Å². The minimum absolute atomic E-state index is 0.00778. The van der Waals surface area contributed by atoms with Crippen LogP contribution < -0.4 is 10.6 Å². The number of nitrogens with one attached hydrogen (secondary N) is 1. The number of alkyl halides is 3. The van der Waals surface area contributed by atoms with Gasteiger partial charge in [0.2, 0.25) is 0 Å². The van der Waals surface area contributed by atoms with Crippen molar-refractivity contribution in [2.24, 2.45) is 5.73 Å². The van der Waals surface area contributed by atoms with Crippen LogP contribution in [0.4, 0.5) is 30.2 Å². The highest BCUT2D eigenvalue weighted by atomic mass is 19.4. The molecule has 0 aliphatic carbocycles. The van der Waals surface area contributed by atoms with Crippen LogP contribution in [-0.4, -0.2) is 21.9 Å². The summed E-state index contributed by atoms with van der Waals surface area (Å²) in [7, 11) is 0. The second-order valence-electron chi connectivity index (χ2n) is 16.3. The van der Waals surface area contributed by atoms with Gasteiger partial charge in [0.15, 0.2) is 5.82 Å². The fourth-order valence-corrected chi connectivity index (χ4v) is 5.74. The first-order valence-electron chi connectivity index (χ1n) is 17.4. The molecular formula is C44H48F3N5. The van der Waals surface area contributed by atoms with Crippen molar-refractivity contribution in [3.05, 3.63) is 137 Å². The van der Waals surface area contributed by atoms with Crippen LogP contribution >= 0.6 is 0 Å². The Hall–Kier alpha value is -5.24. The van der Waals surface area contributed by atoms with Crippen molar-refractivity contribution < 1.29 is 13.2 Å². The maximum atomic E-state index is 13.3. The van der Waals surface area contributed by atoms with E-state index >= 15 is 0 Å². The molecule has 3 N–H and O–H groups in total. The van der Waals surface area contributed by atoms with Gasteiger partial charge in [-0.15, -0.1) is 0 Å². The van der Waals surface area contributed by atoms with E-state index in [1.165, 1.54) is 17.2 Å². The molecule has 0 atom stereocenters. The fourth-order valence-electron chi connectivity index (χ4n) is 5.74. The van der Waals surface area contributed by atoms with Gasteiger partial charge in [0.05, 0.1) is 17.1 Å². The Kier molecular flexibility index (Phi) is 10.3. The smallest absolute Gasteiger partial charge is 0.395 e. The van der Waals surface area contributed by atoms with E-state index in [0.29, 0.717) is 28.7 Å². The van der Waals surface area contributed by atoms with Gasteiger partial charge < -0.3 is 10.6 Å². The first-order chi connectivity index (χ1) is 24.1. The number of halogens is 3. The number of aromatic nitrogens is 2. The van der Waals surface area contributed by atoms with Crippen LogP contribution in [0.1, 0.15) is 84.7 Å². The minimum Gasteiger partial charge on any atom is -0.395 e. The first kappa shape index (κ1) is 38.0. The summed E-state index contributed by atoms with van der Waals surface area (Å²) in [5.41, 5.74) is 11.8. The predicted octanol–water partition coefficient (Wildman–Crippen LogP) is 11.9. The molecule has 0 unspecified atom stereocenters. The summed E-state index contributed by atoms with van der Waals surface area (Å²) in [4.78, 5) is 11.5. The topological polar surface area (TPSA) is 78.9 Å². The molecule has 5 rings (SSSR count). The second kappa shape index (κ2) is 14.1. The molecule has 52 heavy (non-hydrogen) atoms. The Morgan fingerprint density at radius 2 is 0.942 bits per heavy atom. The van der Waals surface area contributed by atoms with E-state index in [-0.39, 0.29) is 21.9 Å². The summed E-state index contributed by atoms with van der Waals surface area (Å²) < 4.78 is 39.9. The van der Waals surface area contributed by atoms with Gasteiger partial charge in [-0.3, -0.25) is 5.41 Å². The summed E-state index contributed by atoms with van der Waals surface area (Å²) in [5.74, 6) is 0.292.